The van der Waals surface area contributed by atoms with E-state index in [9.17, 15) is 0 Å². The molecule has 0 aliphatic rings. The standard InChI is InChI=1S/C15H23N3S2/c1-5-8-16-11(2)14-10-17-15(20-14)18(4)12(3)13-7-6-9-19-13/h6-7,9-12,16H,5,8H2,1-4H3. The van der Waals surface area contributed by atoms with Crippen LogP contribution in [0.1, 0.15) is 49.0 Å². The molecule has 3 nitrogen and oxygen atoms in total. The number of nitrogens with zero attached hydrogens (tertiary/aromatic N) is 2. The van der Waals surface area contributed by atoms with Crippen molar-refractivity contribution in [3.05, 3.63) is 33.5 Å². The van der Waals surface area contributed by atoms with E-state index in [1.54, 1.807) is 22.7 Å². The zero-order chi connectivity index (χ0) is 14.5. The lowest BCUT2D eigenvalue weighted by atomic mass is 10.2. The van der Waals surface area contributed by atoms with Crippen LogP contribution >= 0.6 is 22.7 Å². The van der Waals surface area contributed by atoms with Crippen LogP contribution in [0.2, 0.25) is 0 Å². The molecule has 2 heterocycles. The number of rotatable bonds is 7. The predicted molar refractivity (Wildman–Crippen MR) is 90.0 cm³/mol. The smallest absolute Gasteiger partial charge is 0.185 e. The average Bonchev–Trinajstić information content (AvgIpc) is 3.13. The molecule has 5 heteroatoms. The number of thiophene rings is 1. The molecule has 0 fully saturated rings. The van der Waals surface area contributed by atoms with Gasteiger partial charge < -0.3 is 10.2 Å². The van der Waals surface area contributed by atoms with Gasteiger partial charge in [-0.15, -0.1) is 22.7 Å². The Bertz CT molecular complexity index is 507. The van der Waals surface area contributed by atoms with Gasteiger partial charge in [0, 0.05) is 29.0 Å². The molecule has 2 unspecified atom stereocenters. The van der Waals surface area contributed by atoms with Gasteiger partial charge in [0.25, 0.3) is 0 Å². The average molecular weight is 310 g/mol. The van der Waals surface area contributed by atoms with Gasteiger partial charge in [0.1, 0.15) is 0 Å². The Morgan fingerprint density at radius 1 is 1.35 bits per heavy atom. The predicted octanol–water partition coefficient (Wildman–Crippen LogP) is 4.46. The maximum atomic E-state index is 4.59. The number of nitrogens with one attached hydrogen (secondary N) is 1. The number of thiazole rings is 1. The van der Waals surface area contributed by atoms with Crippen molar-refractivity contribution < 1.29 is 0 Å². The molecular weight excluding hydrogens is 286 g/mol. The van der Waals surface area contributed by atoms with E-state index in [4.69, 9.17) is 0 Å². The zero-order valence-corrected chi connectivity index (χ0v) is 14.2. The van der Waals surface area contributed by atoms with Crippen LogP contribution in [0.25, 0.3) is 0 Å². The first-order chi connectivity index (χ1) is 9.63. The molecule has 1 N–H and O–H groups in total. The highest BCUT2D eigenvalue weighted by molar-refractivity contribution is 7.15. The molecule has 2 rings (SSSR count). The summed E-state index contributed by atoms with van der Waals surface area (Å²) in [6.07, 6.45) is 3.16. The van der Waals surface area contributed by atoms with Crippen molar-refractivity contribution >= 4 is 27.8 Å². The number of hydrogen-bond donors (Lipinski definition) is 1. The third-order valence-corrected chi connectivity index (χ3v) is 5.79. The molecular formula is C15H23N3S2. The highest BCUT2D eigenvalue weighted by atomic mass is 32.1. The molecule has 2 aromatic heterocycles. The van der Waals surface area contributed by atoms with Crippen molar-refractivity contribution in [2.75, 3.05) is 18.5 Å². The van der Waals surface area contributed by atoms with Crippen LogP contribution in [0.3, 0.4) is 0 Å². The summed E-state index contributed by atoms with van der Waals surface area (Å²) in [5.74, 6) is 0. The van der Waals surface area contributed by atoms with Gasteiger partial charge >= 0.3 is 0 Å². The summed E-state index contributed by atoms with van der Waals surface area (Å²) in [4.78, 5) is 9.52. The summed E-state index contributed by atoms with van der Waals surface area (Å²) in [7, 11) is 2.12. The molecule has 2 atom stereocenters. The Morgan fingerprint density at radius 3 is 2.80 bits per heavy atom. The monoisotopic (exact) mass is 309 g/mol. The molecule has 0 spiro atoms. The fraction of sp³-hybridized carbons (Fsp3) is 0.533. The Morgan fingerprint density at radius 2 is 2.15 bits per heavy atom. The van der Waals surface area contributed by atoms with E-state index in [-0.39, 0.29) is 0 Å². The molecule has 0 saturated heterocycles. The lowest BCUT2D eigenvalue weighted by molar-refractivity contribution is 0.577. The second-order valence-electron chi connectivity index (χ2n) is 5.02. The quantitative estimate of drug-likeness (QED) is 0.818. The second kappa shape index (κ2) is 7.20. The summed E-state index contributed by atoms with van der Waals surface area (Å²) in [5.41, 5.74) is 0. The first-order valence-electron chi connectivity index (χ1n) is 7.08. The Kier molecular flexibility index (Phi) is 5.57. The number of anilines is 1. The molecule has 0 aromatic carbocycles. The van der Waals surface area contributed by atoms with Crippen molar-refractivity contribution in [2.24, 2.45) is 0 Å². The minimum atomic E-state index is 0.368. The van der Waals surface area contributed by atoms with E-state index in [0.29, 0.717) is 12.1 Å². The highest BCUT2D eigenvalue weighted by Crippen LogP contribution is 2.32. The van der Waals surface area contributed by atoms with Gasteiger partial charge in [-0.3, -0.25) is 0 Å². The van der Waals surface area contributed by atoms with E-state index in [1.807, 2.05) is 6.20 Å². The third-order valence-electron chi connectivity index (χ3n) is 3.48. The molecule has 2 aromatic rings. The van der Waals surface area contributed by atoms with Gasteiger partial charge in [0.2, 0.25) is 0 Å². The van der Waals surface area contributed by atoms with E-state index in [0.717, 1.165) is 18.1 Å². The molecule has 0 radical (unpaired) electrons. The summed E-state index contributed by atoms with van der Waals surface area (Å²) in [5, 5.41) is 6.73. The molecule has 0 bridgehead atoms. The molecule has 0 saturated carbocycles. The summed E-state index contributed by atoms with van der Waals surface area (Å²) in [6.45, 7) is 7.67. The minimum absolute atomic E-state index is 0.368. The third kappa shape index (κ3) is 3.59. The van der Waals surface area contributed by atoms with Crippen LogP contribution < -0.4 is 10.2 Å². The molecule has 110 valence electrons. The van der Waals surface area contributed by atoms with Gasteiger partial charge in [0.15, 0.2) is 5.13 Å². The first kappa shape index (κ1) is 15.5. The van der Waals surface area contributed by atoms with Crippen molar-refractivity contribution in [2.45, 2.75) is 39.3 Å². The van der Waals surface area contributed by atoms with E-state index in [2.05, 4.69) is 60.5 Å². The lowest BCUT2D eigenvalue weighted by Crippen LogP contribution is -2.20. The zero-order valence-electron chi connectivity index (χ0n) is 12.6. The first-order valence-corrected chi connectivity index (χ1v) is 8.78. The molecule has 20 heavy (non-hydrogen) atoms. The summed E-state index contributed by atoms with van der Waals surface area (Å²) < 4.78 is 0. The normalized spacial score (nSPS) is 14.2. The van der Waals surface area contributed by atoms with Crippen LogP contribution in [0.5, 0.6) is 0 Å². The van der Waals surface area contributed by atoms with Crippen LogP contribution in [0.4, 0.5) is 5.13 Å². The van der Waals surface area contributed by atoms with Crippen molar-refractivity contribution in [1.29, 1.82) is 0 Å². The minimum Gasteiger partial charge on any atom is -0.344 e. The van der Waals surface area contributed by atoms with Crippen molar-refractivity contribution in [3.63, 3.8) is 0 Å². The van der Waals surface area contributed by atoms with Crippen LogP contribution in [-0.2, 0) is 0 Å². The maximum absolute atomic E-state index is 4.59. The Balaban J connectivity index is 2.04. The number of aromatic nitrogens is 1. The highest BCUT2D eigenvalue weighted by Gasteiger charge is 2.17. The molecule has 0 aliphatic carbocycles. The molecule has 0 amide bonds. The van der Waals surface area contributed by atoms with Gasteiger partial charge in [-0.05, 0) is 38.3 Å². The Hall–Kier alpha value is -0.910. The SMILES string of the molecule is CCCNC(C)c1cnc(N(C)C(C)c2cccs2)s1. The van der Waals surface area contributed by atoms with Gasteiger partial charge in [-0.1, -0.05) is 13.0 Å². The van der Waals surface area contributed by atoms with E-state index in [1.165, 1.54) is 9.75 Å². The second-order valence-corrected chi connectivity index (χ2v) is 7.04. The van der Waals surface area contributed by atoms with E-state index < -0.39 is 0 Å². The van der Waals surface area contributed by atoms with Gasteiger partial charge in [0.05, 0.1) is 6.04 Å². The summed E-state index contributed by atoms with van der Waals surface area (Å²) >= 11 is 3.58. The van der Waals surface area contributed by atoms with Gasteiger partial charge in [-0.25, -0.2) is 4.98 Å². The van der Waals surface area contributed by atoms with Crippen molar-refractivity contribution in [3.8, 4) is 0 Å². The lowest BCUT2D eigenvalue weighted by Gasteiger charge is -2.23. The van der Waals surface area contributed by atoms with Crippen LogP contribution in [-0.4, -0.2) is 18.6 Å². The fourth-order valence-corrected chi connectivity index (χ4v) is 3.80. The van der Waals surface area contributed by atoms with E-state index >= 15 is 0 Å². The number of hydrogen-bond acceptors (Lipinski definition) is 5. The summed E-state index contributed by atoms with van der Waals surface area (Å²) in [6, 6.07) is 5.04. The van der Waals surface area contributed by atoms with Crippen molar-refractivity contribution in [1.82, 2.24) is 10.3 Å². The largest absolute Gasteiger partial charge is 0.344 e. The Labute approximate surface area is 129 Å². The van der Waals surface area contributed by atoms with Gasteiger partial charge in [-0.2, -0.15) is 0 Å². The van der Waals surface area contributed by atoms with Crippen LogP contribution in [0, 0.1) is 0 Å². The topological polar surface area (TPSA) is 28.2 Å². The molecule has 0 aliphatic heterocycles. The maximum Gasteiger partial charge on any atom is 0.185 e. The van der Waals surface area contributed by atoms with Crippen LogP contribution in [0.15, 0.2) is 23.7 Å². The fourth-order valence-electron chi connectivity index (χ4n) is 1.99.